The Kier molecular flexibility index (Phi) is 3.43. The lowest BCUT2D eigenvalue weighted by atomic mass is 10.2. The summed E-state index contributed by atoms with van der Waals surface area (Å²) in [4.78, 5) is 3.93. The molecular weight excluding hydrogens is 279 g/mol. The Morgan fingerprint density at radius 2 is 2.00 bits per heavy atom. The molecule has 0 atom stereocenters. The summed E-state index contributed by atoms with van der Waals surface area (Å²) in [7, 11) is 2.92. The summed E-state index contributed by atoms with van der Waals surface area (Å²) in [5, 5.41) is 13.6. The van der Waals surface area contributed by atoms with Crippen LogP contribution in [0.25, 0.3) is 11.4 Å². The molecule has 1 aromatic carbocycles. The molecule has 108 valence electrons. The van der Waals surface area contributed by atoms with Crippen LogP contribution < -0.4 is 9.47 Å². The van der Waals surface area contributed by atoms with Gasteiger partial charge in [-0.25, -0.2) is 4.68 Å². The first-order chi connectivity index (χ1) is 9.30. The SMILES string of the molecule is COc1nc(-c2cc(OC(F)(F)F)ccc2O)nn1C. The van der Waals surface area contributed by atoms with Crippen LogP contribution in [0.5, 0.6) is 17.5 Å². The molecule has 1 aromatic heterocycles. The highest BCUT2D eigenvalue weighted by atomic mass is 19.4. The number of methoxy groups -OCH3 is 1. The lowest BCUT2D eigenvalue weighted by Crippen LogP contribution is -2.17. The van der Waals surface area contributed by atoms with Crippen molar-refractivity contribution in [1.29, 1.82) is 0 Å². The summed E-state index contributed by atoms with van der Waals surface area (Å²) in [5.74, 6) is -0.723. The van der Waals surface area contributed by atoms with Crippen LogP contribution in [-0.4, -0.2) is 33.3 Å². The number of aromatic nitrogens is 3. The zero-order chi connectivity index (χ0) is 14.9. The van der Waals surface area contributed by atoms with Crippen molar-refractivity contribution >= 4 is 0 Å². The molecule has 0 unspecified atom stereocenters. The minimum Gasteiger partial charge on any atom is -0.507 e. The molecule has 0 spiro atoms. The summed E-state index contributed by atoms with van der Waals surface area (Å²) in [6.45, 7) is 0. The molecule has 0 amide bonds. The number of benzene rings is 1. The zero-order valence-corrected chi connectivity index (χ0v) is 10.5. The summed E-state index contributed by atoms with van der Waals surface area (Å²) in [5.41, 5.74) is 0.00523. The summed E-state index contributed by atoms with van der Waals surface area (Å²) in [6.07, 6.45) is -4.82. The van der Waals surface area contributed by atoms with Gasteiger partial charge in [0.15, 0.2) is 5.82 Å². The molecule has 0 aliphatic carbocycles. The van der Waals surface area contributed by atoms with Crippen molar-refractivity contribution in [2.45, 2.75) is 6.36 Å². The summed E-state index contributed by atoms with van der Waals surface area (Å²) < 4.78 is 46.4. The van der Waals surface area contributed by atoms with Gasteiger partial charge in [0, 0.05) is 7.05 Å². The number of phenolic OH excluding ortho intramolecular Hbond substituents is 1. The Labute approximate surface area is 111 Å². The minimum atomic E-state index is -4.82. The third-order valence-corrected chi connectivity index (χ3v) is 2.35. The Morgan fingerprint density at radius 3 is 2.55 bits per heavy atom. The number of aromatic hydroxyl groups is 1. The lowest BCUT2D eigenvalue weighted by Gasteiger charge is -2.10. The predicted octanol–water partition coefficient (Wildman–Crippen LogP) is 2.09. The molecule has 1 N–H and O–H groups in total. The van der Waals surface area contributed by atoms with E-state index in [4.69, 9.17) is 4.74 Å². The fourth-order valence-electron chi connectivity index (χ4n) is 1.55. The molecule has 0 saturated heterocycles. The van der Waals surface area contributed by atoms with Crippen molar-refractivity contribution in [3.05, 3.63) is 18.2 Å². The fraction of sp³-hybridized carbons (Fsp3) is 0.273. The molecule has 0 fully saturated rings. The van der Waals surface area contributed by atoms with Crippen LogP contribution in [0.1, 0.15) is 0 Å². The van der Waals surface area contributed by atoms with Crippen molar-refractivity contribution < 1.29 is 27.8 Å². The normalized spacial score (nSPS) is 11.4. The zero-order valence-electron chi connectivity index (χ0n) is 10.5. The monoisotopic (exact) mass is 289 g/mol. The Hall–Kier alpha value is -2.45. The maximum atomic E-state index is 12.2. The van der Waals surface area contributed by atoms with E-state index >= 15 is 0 Å². The fourth-order valence-corrected chi connectivity index (χ4v) is 1.55. The van der Waals surface area contributed by atoms with Gasteiger partial charge in [-0.3, -0.25) is 0 Å². The van der Waals surface area contributed by atoms with E-state index in [1.165, 1.54) is 11.8 Å². The number of ether oxygens (including phenoxy) is 2. The topological polar surface area (TPSA) is 69.4 Å². The van der Waals surface area contributed by atoms with Gasteiger partial charge in [0.05, 0.1) is 12.7 Å². The van der Waals surface area contributed by atoms with Crippen molar-refractivity contribution in [1.82, 2.24) is 14.8 Å². The van der Waals surface area contributed by atoms with E-state index in [-0.39, 0.29) is 23.1 Å². The van der Waals surface area contributed by atoms with Crippen molar-refractivity contribution in [3.63, 3.8) is 0 Å². The summed E-state index contributed by atoms with van der Waals surface area (Å²) in [6, 6.07) is 3.21. The number of phenols is 1. The minimum absolute atomic E-state index is 0.00523. The van der Waals surface area contributed by atoms with E-state index in [0.29, 0.717) is 0 Å². The van der Waals surface area contributed by atoms with Gasteiger partial charge in [-0.05, 0) is 18.2 Å². The van der Waals surface area contributed by atoms with Gasteiger partial charge in [-0.15, -0.1) is 18.3 Å². The third-order valence-electron chi connectivity index (χ3n) is 2.35. The van der Waals surface area contributed by atoms with Crippen LogP contribution in [-0.2, 0) is 7.05 Å². The van der Waals surface area contributed by atoms with Gasteiger partial charge in [0.25, 0.3) is 0 Å². The van der Waals surface area contributed by atoms with E-state index in [2.05, 4.69) is 14.8 Å². The quantitative estimate of drug-likeness (QED) is 0.937. The maximum Gasteiger partial charge on any atom is 0.573 e. The molecule has 1 heterocycles. The smallest absolute Gasteiger partial charge is 0.507 e. The number of aryl methyl sites for hydroxylation is 1. The van der Waals surface area contributed by atoms with E-state index in [0.717, 1.165) is 18.2 Å². The number of rotatable bonds is 3. The molecule has 0 radical (unpaired) electrons. The van der Waals surface area contributed by atoms with Crippen molar-refractivity contribution in [3.8, 4) is 28.9 Å². The van der Waals surface area contributed by atoms with E-state index in [1.54, 1.807) is 7.05 Å². The highest BCUT2D eigenvalue weighted by Crippen LogP contribution is 2.33. The van der Waals surface area contributed by atoms with Crippen LogP contribution in [0.3, 0.4) is 0 Å². The van der Waals surface area contributed by atoms with Crippen molar-refractivity contribution in [2.24, 2.45) is 7.05 Å². The van der Waals surface area contributed by atoms with Crippen LogP contribution in [0.4, 0.5) is 13.2 Å². The van der Waals surface area contributed by atoms with Gasteiger partial charge >= 0.3 is 12.4 Å². The largest absolute Gasteiger partial charge is 0.573 e. The van der Waals surface area contributed by atoms with Crippen LogP contribution in [0.2, 0.25) is 0 Å². The number of hydrogen-bond acceptors (Lipinski definition) is 5. The van der Waals surface area contributed by atoms with Gasteiger partial charge in [-0.1, -0.05) is 0 Å². The standard InChI is InChI=1S/C11H10F3N3O3/c1-17-10(19-2)15-9(16-17)7-5-6(3-4-8(7)18)20-11(12,13)14/h3-5,18H,1-2H3. The molecule has 2 aromatic rings. The number of alkyl halides is 3. The molecule has 0 bridgehead atoms. The second-order valence-electron chi connectivity index (χ2n) is 3.77. The van der Waals surface area contributed by atoms with Gasteiger partial charge < -0.3 is 14.6 Å². The predicted molar refractivity (Wildman–Crippen MR) is 61.3 cm³/mol. The maximum absolute atomic E-state index is 12.2. The Balaban J connectivity index is 2.42. The molecule has 9 heteroatoms. The average Bonchev–Trinajstić information content (AvgIpc) is 2.71. The molecule has 2 rings (SSSR count). The first-order valence-electron chi connectivity index (χ1n) is 5.34. The molecule has 0 aliphatic heterocycles. The summed E-state index contributed by atoms with van der Waals surface area (Å²) >= 11 is 0. The van der Waals surface area contributed by atoms with E-state index < -0.39 is 12.1 Å². The first-order valence-corrected chi connectivity index (χ1v) is 5.34. The van der Waals surface area contributed by atoms with Gasteiger partial charge in [0.2, 0.25) is 0 Å². The first kappa shape index (κ1) is 14.0. The molecule has 0 saturated carbocycles. The second kappa shape index (κ2) is 4.91. The van der Waals surface area contributed by atoms with Crippen molar-refractivity contribution in [2.75, 3.05) is 7.11 Å². The molecule has 6 nitrogen and oxygen atoms in total. The van der Waals surface area contributed by atoms with E-state index in [1.807, 2.05) is 0 Å². The van der Waals surface area contributed by atoms with Crippen LogP contribution in [0, 0.1) is 0 Å². The number of nitrogens with zero attached hydrogens (tertiary/aromatic N) is 3. The molecule has 0 aliphatic rings. The van der Waals surface area contributed by atoms with Crippen LogP contribution in [0.15, 0.2) is 18.2 Å². The van der Waals surface area contributed by atoms with Gasteiger partial charge in [-0.2, -0.15) is 4.98 Å². The highest BCUT2D eigenvalue weighted by molar-refractivity contribution is 5.65. The molecule has 20 heavy (non-hydrogen) atoms. The van der Waals surface area contributed by atoms with Crippen LogP contribution >= 0.6 is 0 Å². The highest BCUT2D eigenvalue weighted by Gasteiger charge is 2.31. The second-order valence-corrected chi connectivity index (χ2v) is 3.77. The molecular formula is C11H10F3N3O3. The Morgan fingerprint density at radius 1 is 1.30 bits per heavy atom. The average molecular weight is 289 g/mol. The van der Waals surface area contributed by atoms with E-state index in [9.17, 15) is 18.3 Å². The van der Waals surface area contributed by atoms with Gasteiger partial charge in [0.1, 0.15) is 11.5 Å². The number of halogens is 3. The third kappa shape index (κ3) is 2.92. The lowest BCUT2D eigenvalue weighted by molar-refractivity contribution is -0.274. The number of hydrogen-bond donors (Lipinski definition) is 1. The Bertz CT molecular complexity index is 625.